The number of ether oxygens (including phenoxy) is 1. The first kappa shape index (κ1) is 14.9. The highest BCUT2D eigenvalue weighted by molar-refractivity contribution is 5.82. The first-order chi connectivity index (χ1) is 12.3. The lowest BCUT2D eigenvalue weighted by Crippen LogP contribution is -1.88. The molecule has 0 aliphatic carbocycles. The summed E-state index contributed by atoms with van der Waals surface area (Å²) in [6, 6.07) is 19.2. The lowest BCUT2D eigenvalue weighted by atomic mass is 10.1. The molecule has 2 aromatic heterocycles. The Morgan fingerprint density at radius 3 is 2.60 bits per heavy atom. The average molecular weight is 326 g/mol. The minimum absolute atomic E-state index is 0.635. The number of aromatic amines is 1. The van der Waals surface area contributed by atoms with Crippen LogP contribution < -0.4 is 4.74 Å². The van der Waals surface area contributed by atoms with Crippen molar-refractivity contribution in [1.82, 2.24) is 15.0 Å². The number of H-pyrrole nitrogens is 1. The van der Waals surface area contributed by atoms with E-state index in [1.807, 2.05) is 42.5 Å². The maximum Gasteiger partial charge on any atom is 0.157 e. The highest BCUT2D eigenvalue weighted by atomic mass is 16.5. The number of pyridine rings is 1. The SMILES string of the molecule is COc1ccccc1-c1nc2cc(-c3ccc(C#N)cc3)cnc2[nH]1. The van der Waals surface area contributed by atoms with Crippen LogP contribution in [0.2, 0.25) is 0 Å². The van der Waals surface area contributed by atoms with Crippen molar-refractivity contribution in [3.05, 3.63) is 66.4 Å². The van der Waals surface area contributed by atoms with Crippen molar-refractivity contribution >= 4 is 11.2 Å². The lowest BCUT2D eigenvalue weighted by Gasteiger charge is -2.04. The third-order valence-corrected chi connectivity index (χ3v) is 4.05. The summed E-state index contributed by atoms with van der Waals surface area (Å²) in [7, 11) is 1.64. The summed E-state index contributed by atoms with van der Waals surface area (Å²) < 4.78 is 5.40. The molecule has 0 atom stereocenters. The van der Waals surface area contributed by atoms with Crippen molar-refractivity contribution in [3.63, 3.8) is 0 Å². The van der Waals surface area contributed by atoms with Gasteiger partial charge in [0, 0.05) is 11.8 Å². The number of rotatable bonds is 3. The summed E-state index contributed by atoms with van der Waals surface area (Å²) in [6.45, 7) is 0. The number of nitriles is 1. The van der Waals surface area contributed by atoms with Crippen LogP contribution in [0.3, 0.4) is 0 Å². The molecule has 4 aromatic rings. The van der Waals surface area contributed by atoms with Crippen molar-refractivity contribution < 1.29 is 4.74 Å². The molecular formula is C20H14N4O. The number of nitrogens with one attached hydrogen (secondary N) is 1. The van der Waals surface area contributed by atoms with E-state index >= 15 is 0 Å². The number of imidazole rings is 1. The standard InChI is InChI=1S/C20H14N4O/c1-25-18-5-3-2-4-16(18)19-23-17-10-15(12-22-20(17)24-19)14-8-6-13(11-21)7-9-14/h2-10,12H,1H3,(H,22,23,24). The third-order valence-electron chi connectivity index (χ3n) is 4.05. The number of methoxy groups -OCH3 is 1. The molecule has 25 heavy (non-hydrogen) atoms. The molecule has 0 spiro atoms. The summed E-state index contributed by atoms with van der Waals surface area (Å²) in [5.41, 5.74) is 4.98. The van der Waals surface area contributed by atoms with Gasteiger partial charge in [-0.25, -0.2) is 9.97 Å². The molecule has 0 saturated carbocycles. The molecule has 1 N–H and O–H groups in total. The van der Waals surface area contributed by atoms with E-state index in [0.717, 1.165) is 39.4 Å². The Morgan fingerprint density at radius 2 is 1.84 bits per heavy atom. The number of hydrogen-bond acceptors (Lipinski definition) is 4. The fourth-order valence-corrected chi connectivity index (χ4v) is 2.76. The van der Waals surface area contributed by atoms with Crippen molar-refractivity contribution in [2.75, 3.05) is 7.11 Å². The van der Waals surface area contributed by atoms with Crippen LogP contribution in [-0.4, -0.2) is 22.1 Å². The zero-order valence-corrected chi connectivity index (χ0v) is 13.5. The summed E-state index contributed by atoms with van der Waals surface area (Å²) in [5, 5.41) is 8.91. The highest BCUT2D eigenvalue weighted by Crippen LogP contribution is 2.29. The molecule has 0 amide bonds. The molecule has 0 fully saturated rings. The van der Waals surface area contributed by atoms with E-state index in [4.69, 9.17) is 10.00 Å². The summed E-state index contributed by atoms with van der Waals surface area (Å²) in [5.74, 6) is 1.48. The van der Waals surface area contributed by atoms with Crippen LogP contribution >= 0.6 is 0 Å². The van der Waals surface area contributed by atoms with Crippen LogP contribution in [0.1, 0.15) is 5.56 Å². The minimum atomic E-state index is 0.635. The Bertz CT molecular complexity index is 1090. The highest BCUT2D eigenvalue weighted by Gasteiger charge is 2.11. The van der Waals surface area contributed by atoms with Gasteiger partial charge in [-0.2, -0.15) is 5.26 Å². The predicted octanol–water partition coefficient (Wildman–Crippen LogP) is 4.17. The van der Waals surface area contributed by atoms with Crippen LogP contribution in [-0.2, 0) is 0 Å². The Labute approximate surface area is 144 Å². The van der Waals surface area contributed by atoms with Gasteiger partial charge in [-0.05, 0) is 35.9 Å². The number of nitrogens with zero attached hydrogens (tertiary/aromatic N) is 3. The van der Waals surface area contributed by atoms with Gasteiger partial charge in [0.1, 0.15) is 17.1 Å². The maximum atomic E-state index is 8.91. The van der Waals surface area contributed by atoms with Gasteiger partial charge in [-0.3, -0.25) is 0 Å². The number of hydrogen-bond donors (Lipinski definition) is 1. The van der Waals surface area contributed by atoms with Crippen LogP contribution in [0.15, 0.2) is 60.8 Å². The quantitative estimate of drug-likeness (QED) is 0.613. The predicted molar refractivity (Wildman–Crippen MR) is 96.0 cm³/mol. The monoisotopic (exact) mass is 326 g/mol. The number of aromatic nitrogens is 3. The van der Waals surface area contributed by atoms with Gasteiger partial charge in [-0.15, -0.1) is 0 Å². The topological polar surface area (TPSA) is 74.6 Å². The van der Waals surface area contributed by atoms with Gasteiger partial charge >= 0.3 is 0 Å². The molecule has 4 rings (SSSR count). The smallest absolute Gasteiger partial charge is 0.157 e. The molecule has 2 heterocycles. The minimum Gasteiger partial charge on any atom is -0.496 e. The average Bonchev–Trinajstić information content (AvgIpc) is 3.11. The normalized spacial score (nSPS) is 10.6. The van der Waals surface area contributed by atoms with E-state index in [1.54, 1.807) is 25.4 Å². The van der Waals surface area contributed by atoms with E-state index in [-0.39, 0.29) is 0 Å². The number of fused-ring (bicyclic) bond motifs is 1. The zero-order chi connectivity index (χ0) is 17.2. The van der Waals surface area contributed by atoms with Crippen molar-refractivity contribution in [3.8, 4) is 34.3 Å². The molecule has 0 aliphatic heterocycles. The zero-order valence-electron chi connectivity index (χ0n) is 13.5. The van der Waals surface area contributed by atoms with Crippen molar-refractivity contribution in [1.29, 1.82) is 5.26 Å². The van der Waals surface area contributed by atoms with Gasteiger partial charge in [0.2, 0.25) is 0 Å². The maximum absolute atomic E-state index is 8.91. The summed E-state index contributed by atoms with van der Waals surface area (Å²) in [4.78, 5) is 12.4. The summed E-state index contributed by atoms with van der Waals surface area (Å²) >= 11 is 0. The van der Waals surface area contributed by atoms with Crippen LogP contribution in [0, 0.1) is 11.3 Å². The third kappa shape index (κ3) is 2.70. The molecule has 120 valence electrons. The Hall–Kier alpha value is -3.65. The number of para-hydroxylation sites is 1. The van der Waals surface area contributed by atoms with E-state index in [2.05, 4.69) is 21.0 Å². The van der Waals surface area contributed by atoms with E-state index in [1.165, 1.54) is 0 Å². The van der Waals surface area contributed by atoms with Gasteiger partial charge < -0.3 is 9.72 Å². The van der Waals surface area contributed by atoms with Crippen LogP contribution in [0.25, 0.3) is 33.7 Å². The Kier molecular flexibility index (Phi) is 3.64. The lowest BCUT2D eigenvalue weighted by molar-refractivity contribution is 0.416. The molecule has 5 nitrogen and oxygen atoms in total. The Morgan fingerprint density at radius 1 is 1.04 bits per heavy atom. The molecule has 0 radical (unpaired) electrons. The first-order valence-corrected chi connectivity index (χ1v) is 7.78. The van der Waals surface area contributed by atoms with Gasteiger partial charge in [0.05, 0.1) is 24.3 Å². The Balaban J connectivity index is 1.78. The molecule has 2 aromatic carbocycles. The van der Waals surface area contributed by atoms with Crippen molar-refractivity contribution in [2.24, 2.45) is 0 Å². The van der Waals surface area contributed by atoms with Crippen LogP contribution in [0.4, 0.5) is 0 Å². The van der Waals surface area contributed by atoms with Gasteiger partial charge in [0.15, 0.2) is 5.65 Å². The van der Waals surface area contributed by atoms with Gasteiger partial charge in [0.25, 0.3) is 0 Å². The second-order valence-corrected chi connectivity index (χ2v) is 5.57. The second-order valence-electron chi connectivity index (χ2n) is 5.57. The van der Waals surface area contributed by atoms with E-state index < -0.39 is 0 Å². The van der Waals surface area contributed by atoms with E-state index in [9.17, 15) is 0 Å². The largest absolute Gasteiger partial charge is 0.496 e. The molecule has 0 bridgehead atoms. The molecule has 0 saturated heterocycles. The van der Waals surface area contributed by atoms with E-state index in [0.29, 0.717) is 5.56 Å². The van der Waals surface area contributed by atoms with Crippen LogP contribution in [0.5, 0.6) is 5.75 Å². The van der Waals surface area contributed by atoms with Gasteiger partial charge in [-0.1, -0.05) is 24.3 Å². The molecule has 0 aliphatic rings. The fourth-order valence-electron chi connectivity index (χ4n) is 2.76. The molecule has 0 unspecified atom stereocenters. The summed E-state index contributed by atoms with van der Waals surface area (Å²) in [6.07, 6.45) is 1.80. The molecule has 5 heteroatoms. The second kappa shape index (κ2) is 6.10. The fraction of sp³-hybridized carbons (Fsp3) is 0.0500. The van der Waals surface area contributed by atoms with Crippen molar-refractivity contribution in [2.45, 2.75) is 0 Å². The molecular weight excluding hydrogens is 312 g/mol. The first-order valence-electron chi connectivity index (χ1n) is 7.78. The number of benzene rings is 2.